The molecule has 2 heterocycles. The maximum Gasteiger partial charge on any atom is 0.365 e. The average molecular weight is 250 g/mol. The highest BCUT2D eigenvalue weighted by Crippen LogP contribution is 2.24. The molecule has 0 bridgehead atoms. The Morgan fingerprint density at radius 3 is 2.58 bits per heavy atom. The number of H-pyrrole nitrogens is 1. The van der Waals surface area contributed by atoms with Crippen molar-refractivity contribution in [1.29, 1.82) is 0 Å². The molecule has 2 aromatic heterocycles. The number of aromatic amines is 1. The van der Waals surface area contributed by atoms with Crippen LogP contribution in [0.5, 0.6) is 0 Å². The molecule has 0 fully saturated rings. The van der Waals surface area contributed by atoms with Gasteiger partial charge in [0.05, 0.1) is 10.9 Å². The van der Waals surface area contributed by atoms with E-state index in [1.807, 2.05) is 48.7 Å². The number of hydrogen-bond donors (Lipinski definition) is 1. The molecule has 4 heteroatoms. The molecule has 0 saturated carbocycles. The summed E-state index contributed by atoms with van der Waals surface area (Å²) in [5.74, 6) is 0. The van der Waals surface area contributed by atoms with Gasteiger partial charge in [-0.2, -0.15) is 4.74 Å². The molecule has 2 aromatic carbocycles. The van der Waals surface area contributed by atoms with Crippen LogP contribution in [0.25, 0.3) is 27.5 Å². The van der Waals surface area contributed by atoms with Crippen molar-refractivity contribution in [3.63, 3.8) is 0 Å². The van der Waals surface area contributed by atoms with Crippen LogP contribution in [-0.2, 0) is 0 Å². The molecule has 0 amide bonds. The van der Waals surface area contributed by atoms with Gasteiger partial charge in [-0.3, -0.25) is 0 Å². The Kier molecular flexibility index (Phi) is 1.94. The van der Waals surface area contributed by atoms with Crippen LogP contribution < -0.4 is 5.63 Å². The molecule has 0 atom stereocenters. The topological polar surface area (TPSA) is 50.9 Å². The van der Waals surface area contributed by atoms with E-state index < -0.39 is 0 Å². The van der Waals surface area contributed by atoms with Gasteiger partial charge in [0, 0.05) is 17.1 Å². The first-order valence-electron chi connectivity index (χ1n) is 6.02. The lowest BCUT2D eigenvalue weighted by molar-refractivity contribution is 0.334. The van der Waals surface area contributed by atoms with E-state index in [0.717, 1.165) is 22.1 Å². The molecule has 0 saturated heterocycles. The first kappa shape index (κ1) is 10.2. The number of rotatable bonds is 1. The van der Waals surface area contributed by atoms with E-state index in [0.29, 0.717) is 5.39 Å². The van der Waals surface area contributed by atoms with E-state index in [2.05, 4.69) is 4.98 Å². The fourth-order valence-corrected chi connectivity index (χ4v) is 2.41. The van der Waals surface area contributed by atoms with Crippen molar-refractivity contribution in [3.8, 4) is 5.69 Å². The van der Waals surface area contributed by atoms with Crippen molar-refractivity contribution in [2.24, 2.45) is 0 Å². The minimum Gasteiger partial charge on any atom is -0.359 e. The maximum atomic E-state index is 11.8. The second kappa shape index (κ2) is 3.62. The summed E-state index contributed by atoms with van der Waals surface area (Å²) in [6.07, 6.45) is 1.85. The van der Waals surface area contributed by atoms with Crippen LogP contribution in [0.4, 0.5) is 0 Å². The zero-order chi connectivity index (χ0) is 12.8. The standard InChI is InChI=1S/C15H10N2O2/c18-15-11-6-2-4-8-13(11)17(19-15)14-9-16-12-7-3-1-5-10(12)14/h1-9,16H. The van der Waals surface area contributed by atoms with E-state index in [-0.39, 0.29) is 5.63 Å². The van der Waals surface area contributed by atoms with Gasteiger partial charge in [0.15, 0.2) is 0 Å². The predicted molar refractivity (Wildman–Crippen MR) is 73.7 cm³/mol. The largest absolute Gasteiger partial charge is 0.365 e. The Hall–Kier alpha value is -2.75. The normalized spacial score (nSPS) is 11.4. The number of aromatic nitrogens is 2. The Bertz CT molecular complexity index is 943. The molecule has 19 heavy (non-hydrogen) atoms. The van der Waals surface area contributed by atoms with E-state index in [4.69, 9.17) is 4.52 Å². The summed E-state index contributed by atoms with van der Waals surface area (Å²) in [7, 11) is 0. The molecule has 0 radical (unpaired) electrons. The van der Waals surface area contributed by atoms with Crippen LogP contribution >= 0.6 is 0 Å². The molecule has 4 nitrogen and oxygen atoms in total. The Balaban J connectivity index is 2.13. The van der Waals surface area contributed by atoms with Gasteiger partial charge in [-0.25, -0.2) is 4.79 Å². The third-order valence-corrected chi connectivity index (χ3v) is 3.30. The highest BCUT2D eigenvalue weighted by Gasteiger charge is 2.12. The van der Waals surface area contributed by atoms with E-state index >= 15 is 0 Å². The molecular weight excluding hydrogens is 240 g/mol. The number of para-hydroxylation sites is 2. The van der Waals surface area contributed by atoms with Gasteiger partial charge in [0.1, 0.15) is 5.69 Å². The highest BCUT2D eigenvalue weighted by atomic mass is 16.5. The summed E-state index contributed by atoms with van der Waals surface area (Å²) in [4.78, 5) is 15.0. The minimum atomic E-state index is -0.319. The fourth-order valence-electron chi connectivity index (χ4n) is 2.41. The maximum absolute atomic E-state index is 11.8. The summed E-state index contributed by atoms with van der Waals surface area (Å²) in [6, 6.07) is 15.3. The van der Waals surface area contributed by atoms with Crippen molar-refractivity contribution in [1.82, 2.24) is 9.72 Å². The Morgan fingerprint density at radius 1 is 0.947 bits per heavy atom. The predicted octanol–water partition coefficient (Wildman–Crippen LogP) is 3.07. The molecule has 0 aliphatic rings. The van der Waals surface area contributed by atoms with Gasteiger partial charge < -0.3 is 9.51 Å². The fraction of sp³-hybridized carbons (Fsp3) is 0. The van der Waals surface area contributed by atoms with Crippen molar-refractivity contribution in [3.05, 3.63) is 65.1 Å². The zero-order valence-corrected chi connectivity index (χ0v) is 9.96. The number of benzene rings is 2. The highest BCUT2D eigenvalue weighted by molar-refractivity contribution is 5.90. The summed E-state index contributed by atoms with van der Waals surface area (Å²) in [6.45, 7) is 0. The van der Waals surface area contributed by atoms with E-state index in [1.165, 1.54) is 0 Å². The van der Waals surface area contributed by atoms with Crippen molar-refractivity contribution >= 4 is 21.8 Å². The number of nitrogens with zero attached hydrogens (tertiary/aromatic N) is 1. The summed E-state index contributed by atoms with van der Waals surface area (Å²) in [5.41, 5.74) is 2.31. The SMILES string of the molecule is O=c1on(-c2c[nH]c3ccccc23)c2ccccc12. The molecule has 4 aromatic rings. The van der Waals surface area contributed by atoms with E-state index in [9.17, 15) is 4.79 Å². The summed E-state index contributed by atoms with van der Waals surface area (Å²) < 4.78 is 6.94. The zero-order valence-electron chi connectivity index (χ0n) is 9.96. The summed E-state index contributed by atoms with van der Waals surface area (Å²) in [5, 5.41) is 1.61. The number of fused-ring (bicyclic) bond motifs is 2. The smallest absolute Gasteiger partial charge is 0.359 e. The molecular formula is C15H10N2O2. The van der Waals surface area contributed by atoms with Crippen molar-refractivity contribution in [2.75, 3.05) is 0 Å². The lowest BCUT2D eigenvalue weighted by atomic mass is 10.2. The third-order valence-electron chi connectivity index (χ3n) is 3.30. The Morgan fingerprint density at radius 2 is 1.68 bits per heavy atom. The van der Waals surface area contributed by atoms with Crippen LogP contribution in [0, 0.1) is 0 Å². The molecule has 92 valence electrons. The monoisotopic (exact) mass is 250 g/mol. The number of nitrogens with one attached hydrogen (secondary N) is 1. The van der Waals surface area contributed by atoms with Crippen LogP contribution in [0.3, 0.4) is 0 Å². The first-order valence-corrected chi connectivity index (χ1v) is 6.02. The van der Waals surface area contributed by atoms with Crippen LogP contribution in [0.15, 0.2) is 64.0 Å². The molecule has 0 aliphatic carbocycles. The average Bonchev–Trinajstić information content (AvgIpc) is 3.01. The van der Waals surface area contributed by atoms with Gasteiger partial charge in [-0.1, -0.05) is 30.3 Å². The van der Waals surface area contributed by atoms with Gasteiger partial charge >= 0.3 is 5.63 Å². The molecule has 0 spiro atoms. The van der Waals surface area contributed by atoms with Crippen LogP contribution in [0.2, 0.25) is 0 Å². The third kappa shape index (κ3) is 1.37. The second-order valence-electron chi connectivity index (χ2n) is 4.41. The van der Waals surface area contributed by atoms with Gasteiger partial charge in [-0.15, -0.1) is 0 Å². The summed E-state index contributed by atoms with van der Waals surface area (Å²) >= 11 is 0. The van der Waals surface area contributed by atoms with Gasteiger partial charge in [0.2, 0.25) is 0 Å². The van der Waals surface area contributed by atoms with E-state index in [1.54, 1.807) is 10.8 Å². The Labute approximate surface area is 107 Å². The van der Waals surface area contributed by atoms with Gasteiger partial charge in [-0.05, 0) is 18.2 Å². The van der Waals surface area contributed by atoms with Crippen LogP contribution in [0.1, 0.15) is 0 Å². The molecule has 0 aliphatic heterocycles. The molecule has 4 rings (SSSR count). The van der Waals surface area contributed by atoms with Crippen molar-refractivity contribution in [2.45, 2.75) is 0 Å². The minimum absolute atomic E-state index is 0.319. The molecule has 1 N–H and O–H groups in total. The first-order chi connectivity index (χ1) is 9.34. The lowest BCUT2D eigenvalue weighted by Gasteiger charge is -1.99. The second-order valence-corrected chi connectivity index (χ2v) is 4.41. The molecule has 0 unspecified atom stereocenters. The van der Waals surface area contributed by atoms with Gasteiger partial charge in [0.25, 0.3) is 0 Å². The van der Waals surface area contributed by atoms with Crippen LogP contribution in [-0.4, -0.2) is 9.72 Å². The van der Waals surface area contributed by atoms with Crippen molar-refractivity contribution < 1.29 is 4.52 Å². The quantitative estimate of drug-likeness (QED) is 0.564. The number of hydrogen-bond acceptors (Lipinski definition) is 2. The lowest BCUT2D eigenvalue weighted by Crippen LogP contribution is -1.93.